The molecule has 0 bridgehead atoms. The number of rotatable bonds is 3. The van der Waals surface area contributed by atoms with Crippen molar-refractivity contribution in [2.75, 3.05) is 5.84 Å². The molecule has 3 aromatic heterocycles. The number of hydrogen-bond donors (Lipinski definition) is 3. The number of imidazole rings is 2. The Balaban J connectivity index is 1.84. The van der Waals surface area contributed by atoms with Gasteiger partial charge in [-0.1, -0.05) is 37.3 Å². The van der Waals surface area contributed by atoms with Crippen LogP contribution in [0.1, 0.15) is 12.5 Å². The number of H-pyrrole nitrogens is 2. The molecule has 0 spiro atoms. The highest BCUT2D eigenvalue weighted by Gasteiger charge is 2.18. The Labute approximate surface area is 164 Å². The zero-order valence-electron chi connectivity index (χ0n) is 15.6. The van der Waals surface area contributed by atoms with Crippen LogP contribution in [-0.4, -0.2) is 24.0 Å². The van der Waals surface area contributed by atoms with Gasteiger partial charge in [0.25, 0.3) is 5.56 Å². The molecule has 0 radical (unpaired) electrons. The molecular weight excluding hydrogens is 368 g/mol. The molecule has 29 heavy (non-hydrogen) atoms. The van der Waals surface area contributed by atoms with Gasteiger partial charge in [-0.2, -0.15) is 0 Å². The molecule has 0 unspecified atom stereocenters. The summed E-state index contributed by atoms with van der Waals surface area (Å²) in [5, 5.41) is 0. The number of aryl methyl sites for hydroxylation is 1. The van der Waals surface area contributed by atoms with Gasteiger partial charge in [0, 0.05) is 23.5 Å². The van der Waals surface area contributed by atoms with Crippen LogP contribution in [0.5, 0.6) is 0 Å². The SMILES string of the molecule is CCc1ccc(-c2nc3c(=O)[nH]ccn3c2-c2ccc3[nH]c(=O)n(N)c3c2)cc1. The third-order valence-corrected chi connectivity index (χ3v) is 5.18. The molecule has 2 aromatic carbocycles. The first-order valence-corrected chi connectivity index (χ1v) is 9.26. The van der Waals surface area contributed by atoms with Crippen LogP contribution in [0.25, 0.3) is 39.2 Å². The van der Waals surface area contributed by atoms with Gasteiger partial charge in [-0.3, -0.25) is 9.20 Å². The first-order chi connectivity index (χ1) is 14.1. The lowest BCUT2D eigenvalue weighted by atomic mass is 10.0. The van der Waals surface area contributed by atoms with E-state index in [4.69, 9.17) is 5.84 Å². The highest BCUT2D eigenvalue weighted by atomic mass is 16.1. The topological polar surface area (TPSA) is 114 Å². The number of benzene rings is 2. The van der Waals surface area contributed by atoms with Gasteiger partial charge in [-0.25, -0.2) is 14.5 Å². The fourth-order valence-corrected chi connectivity index (χ4v) is 3.63. The molecule has 0 aliphatic heterocycles. The number of nitrogens with zero attached hydrogens (tertiary/aromatic N) is 3. The Hall–Kier alpha value is -4.07. The van der Waals surface area contributed by atoms with Crippen molar-refractivity contribution in [1.82, 2.24) is 24.0 Å². The van der Waals surface area contributed by atoms with Crippen molar-refractivity contribution < 1.29 is 0 Å². The van der Waals surface area contributed by atoms with Crippen LogP contribution in [0.2, 0.25) is 0 Å². The number of fused-ring (bicyclic) bond motifs is 2. The van der Waals surface area contributed by atoms with Gasteiger partial charge in [0.1, 0.15) is 0 Å². The molecule has 0 saturated heterocycles. The van der Waals surface area contributed by atoms with E-state index in [1.165, 1.54) is 5.56 Å². The highest BCUT2D eigenvalue weighted by molar-refractivity contribution is 5.87. The lowest BCUT2D eigenvalue weighted by Crippen LogP contribution is -2.23. The quantitative estimate of drug-likeness (QED) is 0.413. The molecular formula is C21H18N6O2. The first kappa shape index (κ1) is 17.1. The standard InChI is InChI=1S/C21H18N6O2/c1-2-12-3-5-13(6-4-12)17-18(26-10-9-23-20(28)19(26)25-17)14-7-8-15-16(11-14)27(22)21(29)24-15/h3-11H,2,22H2,1H3,(H,23,28)(H,24,29). The van der Waals surface area contributed by atoms with Crippen molar-refractivity contribution in [3.8, 4) is 22.5 Å². The van der Waals surface area contributed by atoms with E-state index in [9.17, 15) is 9.59 Å². The van der Waals surface area contributed by atoms with E-state index in [1.54, 1.807) is 22.9 Å². The van der Waals surface area contributed by atoms with Crippen LogP contribution in [0.3, 0.4) is 0 Å². The summed E-state index contributed by atoms with van der Waals surface area (Å²) < 4.78 is 2.83. The van der Waals surface area contributed by atoms with Gasteiger partial charge < -0.3 is 15.8 Å². The van der Waals surface area contributed by atoms with Crippen molar-refractivity contribution in [2.24, 2.45) is 0 Å². The van der Waals surface area contributed by atoms with Gasteiger partial charge in [-0.15, -0.1) is 0 Å². The summed E-state index contributed by atoms with van der Waals surface area (Å²) in [4.78, 5) is 34.2. The molecule has 8 heteroatoms. The Kier molecular flexibility index (Phi) is 3.67. The fraction of sp³-hybridized carbons (Fsp3) is 0.0952. The molecule has 0 aliphatic rings. The minimum Gasteiger partial charge on any atom is -0.335 e. The molecule has 0 fully saturated rings. The third-order valence-electron chi connectivity index (χ3n) is 5.18. The first-order valence-electron chi connectivity index (χ1n) is 9.26. The average Bonchev–Trinajstić information content (AvgIpc) is 3.27. The number of nitrogen functional groups attached to an aromatic ring is 1. The normalized spacial score (nSPS) is 11.5. The molecule has 0 saturated carbocycles. The van der Waals surface area contributed by atoms with Gasteiger partial charge in [0.2, 0.25) is 5.65 Å². The molecule has 3 heterocycles. The van der Waals surface area contributed by atoms with E-state index in [2.05, 4.69) is 34.0 Å². The van der Waals surface area contributed by atoms with Crippen LogP contribution in [0.15, 0.2) is 64.4 Å². The Morgan fingerprint density at radius 2 is 1.83 bits per heavy atom. The van der Waals surface area contributed by atoms with Crippen LogP contribution >= 0.6 is 0 Å². The molecule has 5 rings (SSSR count). The summed E-state index contributed by atoms with van der Waals surface area (Å²) in [5.41, 5.74) is 5.21. The van der Waals surface area contributed by atoms with Crippen molar-refractivity contribution in [3.05, 3.63) is 81.3 Å². The zero-order chi connectivity index (χ0) is 20.1. The Morgan fingerprint density at radius 3 is 2.59 bits per heavy atom. The summed E-state index contributed by atoms with van der Waals surface area (Å²) in [6.45, 7) is 2.10. The van der Waals surface area contributed by atoms with E-state index in [0.717, 1.165) is 27.9 Å². The van der Waals surface area contributed by atoms with Gasteiger partial charge in [0.15, 0.2) is 0 Å². The number of aromatic nitrogens is 5. The maximum atomic E-state index is 12.4. The summed E-state index contributed by atoms with van der Waals surface area (Å²) in [5.74, 6) is 5.87. The van der Waals surface area contributed by atoms with Crippen molar-refractivity contribution in [1.29, 1.82) is 0 Å². The van der Waals surface area contributed by atoms with Crippen molar-refractivity contribution >= 4 is 16.7 Å². The van der Waals surface area contributed by atoms with Crippen LogP contribution in [0.4, 0.5) is 0 Å². The Morgan fingerprint density at radius 1 is 1.07 bits per heavy atom. The fourth-order valence-electron chi connectivity index (χ4n) is 3.63. The molecule has 4 N–H and O–H groups in total. The van der Waals surface area contributed by atoms with Crippen LogP contribution in [-0.2, 0) is 6.42 Å². The second-order valence-electron chi connectivity index (χ2n) is 6.87. The lowest BCUT2D eigenvalue weighted by Gasteiger charge is -2.07. The largest absolute Gasteiger partial charge is 0.344 e. The summed E-state index contributed by atoms with van der Waals surface area (Å²) in [6.07, 6.45) is 4.29. The van der Waals surface area contributed by atoms with Gasteiger partial charge >= 0.3 is 5.69 Å². The molecule has 8 nitrogen and oxygen atoms in total. The van der Waals surface area contributed by atoms with E-state index >= 15 is 0 Å². The monoisotopic (exact) mass is 386 g/mol. The summed E-state index contributed by atoms with van der Waals surface area (Å²) >= 11 is 0. The third kappa shape index (κ3) is 2.57. The van der Waals surface area contributed by atoms with E-state index in [0.29, 0.717) is 22.4 Å². The molecule has 144 valence electrons. The van der Waals surface area contributed by atoms with Crippen LogP contribution < -0.4 is 17.1 Å². The van der Waals surface area contributed by atoms with E-state index in [-0.39, 0.29) is 11.2 Å². The predicted octanol–water partition coefficient (Wildman–Crippen LogP) is 2.28. The second kappa shape index (κ2) is 6.23. The maximum Gasteiger partial charge on any atom is 0.344 e. The number of nitrogens with one attached hydrogen (secondary N) is 2. The molecule has 0 amide bonds. The predicted molar refractivity (Wildman–Crippen MR) is 112 cm³/mol. The maximum absolute atomic E-state index is 12.4. The van der Waals surface area contributed by atoms with Crippen molar-refractivity contribution in [3.63, 3.8) is 0 Å². The van der Waals surface area contributed by atoms with Crippen LogP contribution in [0, 0.1) is 0 Å². The number of aromatic amines is 2. The Bertz CT molecular complexity index is 1480. The smallest absolute Gasteiger partial charge is 0.335 e. The molecule has 0 atom stereocenters. The van der Waals surface area contributed by atoms with E-state index < -0.39 is 0 Å². The zero-order valence-corrected chi connectivity index (χ0v) is 15.6. The van der Waals surface area contributed by atoms with E-state index in [1.807, 2.05) is 24.3 Å². The summed E-state index contributed by atoms with van der Waals surface area (Å²) in [6, 6.07) is 13.6. The number of hydrogen-bond acceptors (Lipinski definition) is 4. The minimum absolute atomic E-state index is 0.274. The second-order valence-corrected chi connectivity index (χ2v) is 6.87. The molecule has 5 aromatic rings. The average molecular weight is 386 g/mol. The molecule has 0 aliphatic carbocycles. The highest BCUT2D eigenvalue weighted by Crippen LogP contribution is 2.33. The van der Waals surface area contributed by atoms with Gasteiger partial charge in [0.05, 0.1) is 22.4 Å². The van der Waals surface area contributed by atoms with Gasteiger partial charge in [-0.05, 0) is 24.1 Å². The summed E-state index contributed by atoms with van der Waals surface area (Å²) in [7, 11) is 0. The number of nitrogens with two attached hydrogens (primary N) is 1. The lowest BCUT2D eigenvalue weighted by molar-refractivity contribution is 0.967. The van der Waals surface area contributed by atoms with Crippen molar-refractivity contribution in [2.45, 2.75) is 13.3 Å². The minimum atomic E-state index is -0.387.